The molecule has 0 unspecified atom stereocenters. The summed E-state index contributed by atoms with van der Waals surface area (Å²) in [5.41, 5.74) is -0.0254. The molecule has 0 aliphatic carbocycles. The highest BCUT2D eigenvalue weighted by Gasteiger charge is 2.34. The number of halogens is 5. The zero-order chi connectivity index (χ0) is 20.3. The van der Waals surface area contributed by atoms with Crippen molar-refractivity contribution in [1.29, 1.82) is 0 Å². The van der Waals surface area contributed by atoms with Crippen molar-refractivity contribution in [2.24, 2.45) is 0 Å². The molecule has 0 aliphatic rings. The van der Waals surface area contributed by atoms with E-state index in [-0.39, 0.29) is 22.4 Å². The van der Waals surface area contributed by atoms with Crippen LogP contribution < -0.4 is 0 Å². The van der Waals surface area contributed by atoms with Gasteiger partial charge in [-0.05, 0) is 30.3 Å². The number of aromatic nitrogens is 2. The van der Waals surface area contributed by atoms with Crippen LogP contribution in [0.25, 0.3) is 11.3 Å². The second kappa shape index (κ2) is 8.63. The number of thioether (sulfide) groups is 1. The Morgan fingerprint density at radius 1 is 1.04 bits per heavy atom. The molecule has 0 fully saturated rings. The van der Waals surface area contributed by atoms with Crippen molar-refractivity contribution >= 4 is 45.1 Å². The Balaban J connectivity index is 1.87. The molecule has 0 amide bonds. The fraction of sp³-hybridized carbons (Fsp3) is 0.105. The highest BCUT2D eigenvalue weighted by atomic mass is 79.9. The number of nitrogens with zero attached hydrogens (tertiary/aromatic N) is 2. The van der Waals surface area contributed by atoms with Crippen LogP contribution in [0, 0.1) is 0 Å². The fourth-order valence-electron chi connectivity index (χ4n) is 2.25. The van der Waals surface area contributed by atoms with Gasteiger partial charge in [-0.3, -0.25) is 4.79 Å². The van der Waals surface area contributed by atoms with Crippen LogP contribution in [0.1, 0.15) is 16.1 Å². The third-order valence-corrected chi connectivity index (χ3v) is 5.26. The van der Waals surface area contributed by atoms with Crippen molar-refractivity contribution in [3.8, 4) is 11.3 Å². The van der Waals surface area contributed by atoms with Crippen LogP contribution in [0.15, 0.2) is 64.2 Å². The number of rotatable bonds is 5. The lowest BCUT2D eigenvalue weighted by atomic mass is 10.1. The van der Waals surface area contributed by atoms with Crippen molar-refractivity contribution in [3.05, 3.63) is 75.4 Å². The first-order valence-corrected chi connectivity index (χ1v) is 10.0. The molecule has 2 aromatic carbocycles. The molecule has 3 nitrogen and oxygen atoms in total. The third kappa shape index (κ3) is 5.33. The number of benzene rings is 2. The predicted octanol–water partition coefficient (Wildman–Crippen LogP) is 6.55. The van der Waals surface area contributed by atoms with Gasteiger partial charge in [-0.25, -0.2) is 9.97 Å². The van der Waals surface area contributed by atoms with E-state index in [9.17, 15) is 18.0 Å². The summed E-state index contributed by atoms with van der Waals surface area (Å²) in [7, 11) is 0. The minimum atomic E-state index is -4.63. The minimum Gasteiger partial charge on any atom is -0.293 e. The molecule has 0 radical (unpaired) electrons. The topological polar surface area (TPSA) is 42.9 Å². The first kappa shape index (κ1) is 20.8. The van der Waals surface area contributed by atoms with Crippen molar-refractivity contribution < 1.29 is 18.0 Å². The maximum absolute atomic E-state index is 13.2. The predicted molar refractivity (Wildman–Crippen MR) is 107 cm³/mol. The lowest BCUT2D eigenvalue weighted by Crippen LogP contribution is -2.11. The van der Waals surface area contributed by atoms with E-state index in [1.807, 2.05) is 0 Å². The zero-order valence-electron chi connectivity index (χ0n) is 14.0. The van der Waals surface area contributed by atoms with E-state index in [0.717, 1.165) is 22.3 Å². The number of hydrogen-bond acceptors (Lipinski definition) is 4. The largest absolute Gasteiger partial charge is 0.433 e. The van der Waals surface area contributed by atoms with Gasteiger partial charge in [-0.1, -0.05) is 63.6 Å². The molecule has 3 rings (SSSR count). The van der Waals surface area contributed by atoms with Crippen molar-refractivity contribution in [2.45, 2.75) is 11.3 Å². The number of alkyl halides is 3. The van der Waals surface area contributed by atoms with E-state index >= 15 is 0 Å². The SMILES string of the molecule is O=C(CSc1nc(-c2ccc(Cl)cc2)cc(C(F)(F)F)n1)c1ccc(Br)cc1. The molecule has 0 bridgehead atoms. The Kier molecular flexibility index (Phi) is 6.42. The lowest BCUT2D eigenvalue weighted by Gasteiger charge is -2.10. The van der Waals surface area contributed by atoms with Crippen molar-refractivity contribution in [1.82, 2.24) is 9.97 Å². The molecule has 3 aromatic rings. The summed E-state index contributed by atoms with van der Waals surface area (Å²) < 4.78 is 40.5. The Bertz CT molecular complexity index is 996. The lowest BCUT2D eigenvalue weighted by molar-refractivity contribution is -0.141. The molecular formula is C19H11BrClF3N2OS. The summed E-state index contributed by atoms with van der Waals surface area (Å²) in [5.74, 6) is -0.310. The molecule has 28 heavy (non-hydrogen) atoms. The first-order valence-electron chi connectivity index (χ1n) is 7.86. The second-order valence-corrected chi connectivity index (χ2v) is 7.94. The molecule has 144 valence electrons. The molecule has 0 aliphatic heterocycles. The van der Waals surface area contributed by atoms with Crippen LogP contribution in [0.3, 0.4) is 0 Å². The highest BCUT2D eigenvalue weighted by Crippen LogP contribution is 2.32. The van der Waals surface area contributed by atoms with Gasteiger partial charge in [0.15, 0.2) is 10.9 Å². The normalized spacial score (nSPS) is 11.5. The Labute approximate surface area is 176 Å². The molecular weight excluding hydrogens is 477 g/mol. The van der Waals surface area contributed by atoms with E-state index in [0.29, 0.717) is 16.1 Å². The van der Waals surface area contributed by atoms with E-state index in [1.165, 1.54) is 0 Å². The summed E-state index contributed by atoms with van der Waals surface area (Å²) >= 11 is 9.97. The first-order chi connectivity index (χ1) is 13.2. The number of ketones is 1. The fourth-order valence-corrected chi connectivity index (χ4v) is 3.40. The summed E-state index contributed by atoms with van der Waals surface area (Å²) in [6.07, 6.45) is -4.63. The number of carbonyl (C=O) groups is 1. The monoisotopic (exact) mass is 486 g/mol. The van der Waals surface area contributed by atoms with Crippen molar-refractivity contribution in [3.63, 3.8) is 0 Å². The zero-order valence-corrected chi connectivity index (χ0v) is 17.2. The van der Waals surface area contributed by atoms with Gasteiger partial charge in [0.05, 0.1) is 11.4 Å². The van der Waals surface area contributed by atoms with E-state index in [2.05, 4.69) is 25.9 Å². The van der Waals surface area contributed by atoms with Gasteiger partial charge in [0.25, 0.3) is 0 Å². The highest BCUT2D eigenvalue weighted by molar-refractivity contribution is 9.10. The van der Waals surface area contributed by atoms with Crippen LogP contribution >= 0.6 is 39.3 Å². The van der Waals surface area contributed by atoms with Gasteiger partial charge in [-0.15, -0.1) is 0 Å². The van der Waals surface area contributed by atoms with Gasteiger partial charge in [0, 0.05) is 20.6 Å². The van der Waals surface area contributed by atoms with E-state index < -0.39 is 11.9 Å². The molecule has 0 saturated carbocycles. The quantitative estimate of drug-likeness (QED) is 0.232. The van der Waals surface area contributed by atoms with Crippen LogP contribution in [0.5, 0.6) is 0 Å². The van der Waals surface area contributed by atoms with E-state index in [4.69, 9.17) is 11.6 Å². The average molecular weight is 488 g/mol. The number of Topliss-reactive ketones (excluding diaryl/α,β-unsaturated/α-hetero) is 1. The van der Waals surface area contributed by atoms with Gasteiger partial charge in [0.1, 0.15) is 5.69 Å². The maximum atomic E-state index is 13.2. The molecule has 9 heteroatoms. The molecule has 1 aromatic heterocycles. The molecule has 0 spiro atoms. The molecule has 1 heterocycles. The van der Waals surface area contributed by atoms with Gasteiger partial charge in [-0.2, -0.15) is 13.2 Å². The van der Waals surface area contributed by atoms with Gasteiger partial charge in [0.2, 0.25) is 0 Å². The summed E-state index contributed by atoms with van der Waals surface area (Å²) in [6.45, 7) is 0. The number of hydrogen-bond donors (Lipinski definition) is 0. The summed E-state index contributed by atoms with van der Waals surface area (Å²) in [5, 5.41) is 0.341. The smallest absolute Gasteiger partial charge is 0.293 e. The van der Waals surface area contributed by atoms with Crippen molar-refractivity contribution in [2.75, 3.05) is 5.75 Å². The van der Waals surface area contributed by atoms with Crippen LogP contribution in [-0.2, 0) is 6.18 Å². The Morgan fingerprint density at radius 3 is 2.29 bits per heavy atom. The minimum absolute atomic E-state index is 0.0804. The standard InChI is InChI=1S/C19H11BrClF3N2OS/c20-13-5-1-12(2-6-13)16(27)10-28-18-25-15(9-17(26-18)19(22,23)24)11-3-7-14(21)8-4-11/h1-9H,10H2. The maximum Gasteiger partial charge on any atom is 0.433 e. The molecule has 0 saturated heterocycles. The van der Waals surface area contributed by atoms with Crippen LogP contribution in [0.2, 0.25) is 5.02 Å². The van der Waals surface area contributed by atoms with Crippen LogP contribution in [-0.4, -0.2) is 21.5 Å². The van der Waals surface area contributed by atoms with Gasteiger partial charge >= 0.3 is 6.18 Å². The van der Waals surface area contributed by atoms with E-state index in [1.54, 1.807) is 48.5 Å². The summed E-state index contributed by atoms with van der Waals surface area (Å²) in [6, 6.07) is 13.9. The second-order valence-electron chi connectivity index (χ2n) is 5.64. The Morgan fingerprint density at radius 2 is 1.68 bits per heavy atom. The van der Waals surface area contributed by atoms with Gasteiger partial charge < -0.3 is 0 Å². The van der Waals surface area contributed by atoms with Crippen LogP contribution in [0.4, 0.5) is 13.2 Å². The number of carbonyl (C=O) groups excluding carboxylic acids is 1. The Hall–Kier alpha value is -1.90. The summed E-state index contributed by atoms with van der Waals surface area (Å²) in [4.78, 5) is 20.0. The molecule has 0 N–H and O–H groups in total. The third-order valence-electron chi connectivity index (χ3n) is 3.63. The molecule has 0 atom stereocenters. The average Bonchev–Trinajstić information content (AvgIpc) is 2.66.